The molecule has 0 spiro atoms. The molecule has 15 heavy (non-hydrogen) atoms. The van der Waals surface area contributed by atoms with Crippen molar-refractivity contribution in [3.05, 3.63) is 0 Å². The third kappa shape index (κ3) is 3.79. The van der Waals surface area contributed by atoms with Crippen LogP contribution in [0.3, 0.4) is 0 Å². The summed E-state index contributed by atoms with van der Waals surface area (Å²) in [7, 11) is -2.97. The van der Waals surface area contributed by atoms with Crippen LogP contribution in [-0.2, 0) is 14.6 Å². The van der Waals surface area contributed by atoms with Crippen molar-refractivity contribution in [2.45, 2.75) is 30.9 Å². The fraction of sp³-hybridized carbons (Fsp3) is 0.900. The highest BCUT2D eigenvalue weighted by atomic mass is 32.2. The summed E-state index contributed by atoms with van der Waals surface area (Å²) in [6.45, 7) is 0. The molecule has 1 aliphatic carbocycles. The van der Waals surface area contributed by atoms with Crippen molar-refractivity contribution in [2.24, 2.45) is 5.92 Å². The van der Waals surface area contributed by atoms with Crippen LogP contribution in [0.25, 0.3) is 0 Å². The third-order valence-corrected chi connectivity index (χ3v) is 5.19. The SMILES string of the molecule is CSCC(=O)C1CCCC(S(C)(=O)=O)C1. The molecule has 0 N–H and O–H groups in total. The van der Waals surface area contributed by atoms with E-state index in [0.717, 1.165) is 19.3 Å². The van der Waals surface area contributed by atoms with Gasteiger partial charge in [0.15, 0.2) is 0 Å². The van der Waals surface area contributed by atoms with Crippen molar-refractivity contribution in [1.29, 1.82) is 0 Å². The van der Waals surface area contributed by atoms with E-state index < -0.39 is 9.84 Å². The van der Waals surface area contributed by atoms with Gasteiger partial charge in [-0.15, -0.1) is 0 Å². The van der Waals surface area contributed by atoms with Gasteiger partial charge in [-0.2, -0.15) is 11.8 Å². The molecule has 1 rings (SSSR count). The number of carbonyl (C=O) groups excluding carboxylic acids is 1. The van der Waals surface area contributed by atoms with Gasteiger partial charge in [-0.25, -0.2) is 8.42 Å². The lowest BCUT2D eigenvalue weighted by Gasteiger charge is -2.26. The molecule has 0 bridgehead atoms. The fourth-order valence-electron chi connectivity index (χ4n) is 2.09. The lowest BCUT2D eigenvalue weighted by Crippen LogP contribution is -2.31. The first-order valence-electron chi connectivity index (χ1n) is 5.15. The molecule has 1 saturated carbocycles. The van der Waals surface area contributed by atoms with Crippen molar-refractivity contribution in [2.75, 3.05) is 18.3 Å². The van der Waals surface area contributed by atoms with E-state index in [9.17, 15) is 13.2 Å². The Bertz CT molecular complexity index is 322. The van der Waals surface area contributed by atoms with Gasteiger partial charge < -0.3 is 0 Å². The Labute approximate surface area is 95.9 Å². The van der Waals surface area contributed by atoms with Crippen molar-refractivity contribution in [1.82, 2.24) is 0 Å². The Hall–Kier alpha value is -0.0300. The molecular weight excluding hydrogens is 232 g/mol. The minimum Gasteiger partial charge on any atom is -0.298 e. The first-order chi connectivity index (χ1) is 6.95. The summed E-state index contributed by atoms with van der Waals surface area (Å²) in [4.78, 5) is 11.7. The maximum Gasteiger partial charge on any atom is 0.150 e. The zero-order valence-corrected chi connectivity index (χ0v) is 10.9. The minimum atomic E-state index is -2.97. The Balaban J connectivity index is 2.60. The maximum atomic E-state index is 11.7. The highest BCUT2D eigenvalue weighted by molar-refractivity contribution is 7.99. The Morgan fingerprint density at radius 1 is 1.40 bits per heavy atom. The van der Waals surface area contributed by atoms with Crippen LogP contribution in [-0.4, -0.2) is 37.7 Å². The average molecular weight is 250 g/mol. The number of hydrogen-bond acceptors (Lipinski definition) is 4. The van der Waals surface area contributed by atoms with Crippen LogP contribution >= 0.6 is 11.8 Å². The molecule has 0 heterocycles. The van der Waals surface area contributed by atoms with Gasteiger partial charge >= 0.3 is 0 Å². The number of thioether (sulfide) groups is 1. The minimum absolute atomic E-state index is 0.0223. The predicted octanol–water partition coefficient (Wildman–Crippen LogP) is 1.52. The molecule has 0 aromatic heterocycles. The number of sulfone groups is 1. The smallest absolute Gasteiger partial charge is 0.150 e. The van der Waals surface area contributed by atoms with E-state index in [1.54, 1.807) is 0 Å². The molecule has 2 unspecified atom stereocenters. The normalized spacial score (nSPS) is 27.6. The summed E-state index contributed by atoms with van der Waals surface area (Å²) in [5.74, 6) is 0.711. The van der Waals surface area contributed by atoms with Crippen LogP contribution in [0.15, 0.2) is 0 Å². The molecule has 0 aromatic carbocycles. The van der Waals surface area contributed by atoms with Crippen LogP contribution in [0.4, 0.5) is 0 Å². The number of carbonyl (C=O) groups is 1. The van der Waals surface area contributed by atoms with Crippen LogP contribution in [0, 0.1) is 5.92 Å². The average Bonchev–Trinajstić information content (AvgIpc) is 2.17. The molecule has 5 heteroatoms. The van der Waals surface area contributed by atoms with Gasteiger partial charge in [0.25, 0.3) is 0 Å². The van der Waals surface area contributed by atoms with E-state index in [4.69, 9.17) is 0 Å². The molecule has 2 atom stereocenters. The van der Waals surface area contributed by atoms with Crippen molar-refractivity contribution < 1.29 is 13.2 Å². The zero-order valence-electron chi connectivity index (χ0n) is 9.23. The fourth-order valence-corrected chi connectivity index (χ4v) is 3.78. The molecule has 0 amide bonds. The van der Waals surface area contributed by atoms with Gasteiger partial charge in [-0.05, 0) is 25.5 Å². The quantitative estimate of drug-likeness (QED) is 0.759. The topological polar surface area (TPSA) is 51.2 Å². The third-order valence-electron chi connectivity index (χ3n) is 2.97. The zero-order chi connectivity index (χ0) is 11.5. The van der Waals surface area contributed by atoms with Crippen molar-refractivity contribution >= 4 is 27.4 Å². The van der Waals surface area contributed by atoms with Gasteiger partial charge in [0, 0.05) is 12.2 Å². The van der Waals surface area contributed by atoms with Crippen LogP contribution in [0.1, 0.15) is 25.7 Å². The summed E-state index contributed by atoms with van der Waals surface area (Å²) in [5, 5.41) is -0.290. The molecular formula is C10H18O3S2. The number of Topliss-reactive ketones (excluding diaryl/α,β-unsaturated/α-hetero) is 1. The van der Waals surface area contributed by atoms with Gasteiger partial charge in [-0.3, -0.25) is 4.79 Å². The van der Waals surface area contributed by atoms with Gasteiger partial charge in [0.2, 0.25) is 0 Å². The lowest BCUT2D eigenvalue weighted by molar-refractivity contribution is -0.121. The molecule has 1 fully saturated rings. The molecule has 0 aliphatic heterocycles. The van der Waals surface area contributed by atoms with E-state index in [0.29, 0.717) is 12.2 Å². The van der Waals surface area contributed by atoms with Gasteiger partial charge in [-0.1, -0.05) is 6.42 Å². The summed E-state index contributed by atoms with van der Waals surface area (Å²) in [6.07, 6.45) is 6.17. The van der Waals surface area contributed by atoms with E-state index in [1.165, 1.54) is 18.0 Å². The van der Waals surface area contributed by atoms with Crippen LogP contribution in [0.5, 0.6) is 0 Å². The molecule has 0 radical (unpaired) electrons. The number of rotatable bonds is 4. The second-order valence-electron chi connectivity index (χ2n) is 4.21. The molecule has 0 saturated heterocycles. The first-order valence-corrected chi connectivity index (χ1v) is 8.50. The van der Waals surface area contributed by atoms with E-state index in [2.05, 4.69) is 0 Å². The van der Waals surface area contributed by atoms with E-state index in [1.807, 2.05) is 6.26 Å². The van der Waals surface area contributed by atoms with Crippen LogP contribution < -0.4 is 0 Å². The van der Waals surface area contributed by atoms with Crippen molar-refractivity contribution in [3.8, 4) is 0 Å². The summed E-state index contributed by atoms with van der Waals surface area (Å²) in [5.41, 5.74) is 0. The van der Waals surface area contributed by atoms with E-state index >= 15 is 0 Å². The van der Waals surface area contributed by atoms with E-state index in [-0.39, 0.29) is 17.0 Å². The van der Waals surface area contributed by atoms with Crippen molar-refractivity contribution in [3.63, 3.8) is 0 Å². The Morgan fingerprint density at radius 3 is 2.60 bits per heavy atom. The molecule has 1 aliphatic rings. The largest absolute Gasteiger partial charge is 0.298 e. The lowest BCUT2D eigenvalue weighted by atomic mass is 9.86. The summed E-state index contributed by atoms with van der Waals surface area (Å²) in [6, 6.07) is 0. The molecule has 88 valence electrons. The second-order valence-corrected chi connectivity index (χ2v) is 7.41. The summed E-state index contributed by atoms with van der Waals surface area (Å²) >= 11 is 1.51. The monoisotopic (exact) mass is 250 g/mol. The Kier molecular flexibility index (Phi) is 4.64. The second kappa shape index (κ2) is 5.34. The predicted molar refractivity (Wildman–Crippen MR) is 64.0 cm³/mol. The number of hydrogen-bond donors (Lipinski definition) is 0. The highest BCUT2D eigenvalue weighted by Gasteiger charge is 2.31. The Morgan fingerprint density at radius 2 is 2.07 bits per heavy atom. The standard InChI is InChI=1S/C10H18O3S2/c1-14-7-10(11)8-4-3-5-9(6-8)15(2,12)13/h8-9H,3-7H2,1-2H3. The van der Waals surface area contributed by atoms with Gasteiger partial charge in [0.05, 0.1) is 11.0 Å². The number of ketones is 1. The highest BCUT2D eigenvalue weighted by Crippen LogP contribution is 2.29. The van der Waals surface area contributed by atoms with Gasteiger partial charge in [0.1, 0.15) is 15.6 Å². The molecule has 3 nitrogen and oxygen atoms in total. The first kappa shape index (κ1) is 13.0. The molecule has 0 aromatic rings. The van der Waals surface area contributed by atoms with Crippen LogP contribution in [0.2, 0.25) is 0 Å². The summed E-state index contributed by atoms with van der Waals surface area (Å²) < 4.78 is 22.8. The maximum absolute atomic E-state index is 11.7.